The molecule has 5 N–H and O–H groups in total. The zero-order valence-electron chi connectivity index (χ0n) is 12.9. The van der Waals surface area contributed by atoms with E-state index in [1.165, 1.54) is 0 Å². The fourth-order valence-corrected chi connectivity index (χ4v) is 2.98. The first-order valence-electron chi connectivity index (χ1n) is 7.25. The predicted molar refractivity (Wildman–Crippen MR) is 92.0 cm³/mol. The van der Waals surface area contributed by atoms with Gasteiger partial charge in [-0.3, -0.25) is 9.11 Å². The Morgan fingerprint density at radius 1 is 1.04 bits per heavy atom. The molecule has 2 aromatic carbocycles. The first-order valence-corrected chi connectivity index (χ1v) is 8.65. The maximum absolute atomic E-state index is 11.1. The van der Waals surface area contributed by atoms with Crippen LogP contribution in [0.4, 0.5) is 5.69 Å². The van der Waals surface area contributed by atoms with Crippen molar-refractivity contribution in [1.29, 1.82) is 0 Å². The number of rotatable bonds is 1. The summed E-state index contributed by atoms with van der Waals surface area (Å²) in [5, 5.41) is 25.1. The Morgan fingerprint density at radius 2 is 1.64 bits per heavy atom. The highest BCUT2D eigenvalue weighted by molar-refractivity contribution is 7.79. The number of benzene rings is 2. The van der Waals surface area contributed by atoms with Crippen LogP contribution in [0.15, 0.2) is 54.7 Å². The van der Waals surface area contributed by atoms with Crippen LogP contribution in [0.3, 0.4) is 0 Å². The quantitative estimate of drug-likeness (QED) is 0.416. The Kier molecular flexibility index (Phi) is 4.17. The number of hydrogen-bond donors (Lipinski definition) is 5. The summed E-state index contributed by atoms with van der Waals surface area (Å²) >= 11 is 0. The van der Waals surface area contributed by atoms with Gasteiger partial charge in [0.1, 0.15) is 5.75 Å². The molecule has 4 rings (SSSR count). The molecule has 0 amide bonds. The van der Waals surface area contributed by atoms with Gasteiger partial charge < -0.3 is 20.1 Å². The molecule has 25 heavy (non-hydrogen) atoms. The molecule has 0 fully saturated rings. The molecule has 0 spiro atoms. The molecule has 2 heterocycles. The Bertz CT molecular complexity index is 1020. The zero-order chi connectivity index (χ0) is 18.2. The van der Waals surface area contributed by atoms with Gasteiger partial charge >= 0.3 is 10.4 Å². The molecular formula is C16H16N2O6S. The summed E-state index contributed by atoms with van der Waals surface area (Å²) < 4.78 is 33.3. The van der Waals surface area contributed by atoms with E-state index >= 15 is 0 Å². The van der Waals surface area contributed by atoms with Crippen LogP contribution in [0.25, 0.3) is 10.9 Å². The smallest absolute Gasteiger partial charge is 0.394 e. The van der Waals surface area contributed by atoms with Crippen molar-refractivity contribution in [1.82, 2.24) is 4.57 Å². The van der Waals surface area contributed by atoms with Gasteiger partial charge in [0.05, 0.1) is 12.1 Å². The summed E-state index contributed by atoms with van der Waals surface area (Å²) in [6, 6.07) is 15.2. The maximum Gasteiger partial charge on any atom is 0.394 e. The SMILES string of the molecule is O=S(=O)(O)O.Oc1cn(C2(O)CNc3ccccc32)c2ccccc12. The summed E-state index contributed by atoms with van der Waals surface area (Å²) in [6.07, 6.45) is 1.59. The number of nitrogens with one attached hydrogen (secondary N) is 1. The second kappa shape index (κ2) is 6.05. The second-order valence-electron chi connectivity index (χ2n) is 5.57. The minimum atomic E-state index is -4.67. The molecular weight excluding hydrogens is 348 g/mol. The molecule has 1 aliphatic heterocycles. The van der Waals surface area contributed by atoms with Crippen LogP contribution < -0.4 is 5.32 Å². The van der Waals surface area contributed by atoms with E-state index in [0.717, 1.165) is 22.2 Å². The molecule has 9 heteroatoms. The molecule has 1 aliphatic rings. The predicted octanol–water partition coefficient (Wildman–Crippen LogP) is 1.81. The van der Waals surface area contributed by atoms with Crippen LogP contribution in [0.2, 0.25) is 0 Å². The van der Waals surface area contributed by atoms with Gasteiger partial charge in [0, 0.05) is 22.8 Å². The Balaban J connectivity index is 0.000000324. The normalized spacial score (nSPS) is 19.0. The first kappa shape index (κ1) is 17.2. The molecule has 8 nitrogen and oxygen atoms in total. The molecule has 0 saturated heterocycles. The highest BCUT2D eigenvalue weighted by Crippen LogP contribution is 2.40. The van der Waals surface area contributed by atoms with E-state index < -0.39 is 16.1 Å². The average Bonchev–Trinajstić information content (AvgIpc) is 3.06. The van der Waals surface area contributed by atoms with Gasteiger partial charge in [-0.25, -0.2) is 0 Å². The van der Waals surface area contributed by atoms with Crippen molar-refractivity contribution < 1.29 is 27.7 Å². The van der Waals surface area contributed by atoms with Crippen LogP contribution in [0.5, 0.6) is 5.75 Å². The minimum absolute atomic E-state index is 0.179. The molecule has 1 atom stereocenters. The van der Waals surface area contributed by atoms with Crippen molar-refractivity contribution in [3.63, 3.8) is 0 Å². The van der Waals surface area contributed by atoms with Gasteiger partial charge in [0.2, 0.25) is 0 Å². The lowest BCUT2D eigenvalue weighted by molar-refractivity contribution is 0.0305. The minimum Gasteiger partial charge on any atom is -0.506 e. The number of hydrogen-bond acceptors (Lipinski definition) is 5. The number of anilines is 1. The average molecular weight is 364 g/mol. The fourth-order valence-electron chi connectivity index (χ4n) is 2.98. The molecule has 0 radical (unpaired) electrons. The van der Waals surface area contributed by atoms with E-state index in [-0.39, 0.29) is 5.75 Å². The summed E-state index contributed by atoms with van der Waals surface area (Å²) in [4.78, 5) is 0. The van der Waals surface area contributed by atoms with Crippen molar-refractivity contribution in [3.8, 4) is 5.75 Å². The van der Waals surface area contributed by atoms with E-state index in [9.17, 15) is 10.2 Å². The highest BCUT2D eigenvalue weighted by atomic mass is 32.3. The summed E-state index contributed by atoms with van der Waals surface area (Å²) in [5.74, 6) is 0.179. The first-order chi connectivity index (χ1) is 11.7. The lowest BCUT2D eigenvalue weighted by atomic mass is 10.0. The third-order valence-electron chi connectivity index (χ3n) is 3.97. The van der Waals surface area contributed by atoms with Gasteiger partial charge in [0.15, 0.2) is 5.72 Å². The van der Waals surface area contributed by atoms with Crippen LogP contribution in [-0.2, 0) is 16.1 Å². The van der Waals surface area contributed by atoms with Crippen molar-refractivity contribution in [2.45, 2.75) is 5.72 Å². The zero-order valence-corrected chi connectivity index (χ0v) is 13.7. The van der Waals surface area contributed by atoms with Gasteiger partial charge in [-0.1, -0.05) is 30.3 Å². The number of aromatic nitrogens is 1. The van der Waals surface area contributed by atoms with Crippen molar-refractivity contribution in [2.75, 3.05) is 11.9 Å². The molecule has 1 unspecified atom stereocenters. The lowest BCUT2D eigenvalue weighted by Gasteiger charge is -2.25. The Labute approximate surface area is 143 Å². The van der Waals surface area contributed by atoms with E-state index in [4.69, 9.17) is 17.5 Å². The topological polar surface area (TPSA) is 132 Å². The monoisotopic (exact) mass is 364 g/mol. The largest absolute Gasteiger partial charge is 0.506 e. The van der Waals surface area contributed by atoms with Gasteiger partial charge in [-0.15, -0.1) is 0 Å². The number of aromatic hydroxyl groups is 1. The number of aliphatic hydroxyl groups is 1. The van der Waals surface area contributed by atoms with Gasteiger partial charge in [-0.2, -0.15) is 8.42 Å². The lowest BCUT2D eigenvalue weighted by Crippen LogP contribution is -2.36. The number of fused-ring (bicyclic) bond motifs is 2. The van der Waals surface area contributed by atoms with E-state index in [0.29, 0.717) is 6.54 Å². The van der Waals surface area contributed by atoms with Crippen LogP contribution in [0, 0.1) is 0 Å². The number of nitrogens with zero attached hydrogens (tertiary/aromatic N) is 1. The third kappa shape index (κ3) is 3.30. The van der Waals surface area contributed by atoms with Crippen LogP contribution in [-0.4, -0.2) is 38.8 Å². The summed E-state index contributed by atoms with van der Waals surface area (Å²) in [5.41, 5.74) is 1.37. The van der Waals surface area contributed by atoms with Crippen molar-refractivity contribution >= 4 is 27.0 Å². The maximum atomic E-state index is 11.1. The molecule has 1 aromatic heterocycles. The molecule has 3 aromatic rings. The summed E-state index contributed by atoms with van der Waals surface area (Å²) in [6.45, 7) is 0.379. The molecule has 0 saturated carbocycles. The van der Waals surface area contributed by atoms with Crippen LogP contribution in [0.1, 0.15) is 5.56 Å². The molecule has 0 bridgehead atoms. The highest BCUT2D eigenvalue weighted by Gasteiger charge is 2.39. The Morgan fingerprint density at radius 3 is 2.36 bits per heavy atom. The van der Waals surface area contributed by atoms with Crippen molar-refractivity contribution in [3.05, 3.63) is 60.3 Å². The number of β-amino-alcohol motifs (C(OH)–C–C–N with tert-alkyl or cyclic N) is 1. The van der Waals surface area contributed by atoms with E-state index in [1.54, 1.807) is 10.8 Å². The van der Waals surface area contributed by atoms with E-state index in [2.05, 4.69) is 5.32 Å². The van der Waals surface area contributed by atoms with E-state index in [1.807, 2.05) is 48.5 Å². The van der Waals surface area contributed by atoms with Crippen molar-refractivity contribution in [2.24, 2.45) is 0 Å². The summed E-state index contributed by atoms with van der Waals surface area (Å²) in [7, 11) is -4.67. The molecule has 132 valence electrons. The Hall–Kier alpha value is -2.59. The fraction of sp³-hybridized carbons (Fsp3) is 0.125. The van der Waals surface area contributed by atoms with Gasteiger partial charge in [-0.05, 0) is 18.2 Å². The third-order valence-corrected chi connectivity index (χ3v) is 3.97. The van der Waals surface area contributed by atoms with Crippen LogP contribution >= 0.6 is 0 Å². The van der Waals surface area contributed by atoms with Gasteiger partial charge in [0.25, 0.3) is 0 Å². The molecule has 0 aliphatic carbocycles. The second-order valence-corrected chi connectivity index (χ2v) is 6.46. The number of para-hydroxylation sites is 2. The standard InChI is InChI=1S/C16H14N2O2.H2O4S/c19-15-9-18(14-8-4-1-5-11(14)15)16(20)10-17-13-7-3-2-6-12(13)16;1-5(2,3)4/h1-9,17,19-20H,10H2;(H2,1,2,3,4).